The van der Waals surface area contributed by atoms with Gasteiger partial charge in [-0.25, -0.2) is 0 Å². The number of likely N-dealkylation sites (tertiary alicyclic amines) is 1. The van der Waals surface area contributed by atoms with Crippen molar-refractivity contribution < 1.29 is 9.64 Å². The van der Waals surface area contributed by atoms with Gasteiger partial charge in [0.05, 0.1) is 26.2 Å². The zero-order valence-corrected chi connectivity index (χ0v) is 15.2. The molecular weight excluding hydrogens is 306 g/mol. The largest absolute Gasteiger partial charge is 0.494 e. The Morgan fingerprint density at radius 2 is 1.96 bits per heavy atom. The van der Waals surface area contributed by atoms with Crippen molar-refractivity contribution in [1.82, 2.24) is 5.32 Å². The van der Waals surface area contributed by atoms with Gasteiger partial charge in [-0.15, -0.1) is 0 Å². The molecule has 1 heterocycles. The Morgan fingerprint density at radius 1 is 1.26 bits per heavy atom. The third-order valence-corrected chi connectivity index (χ3v) is 4.64. The molecule has 0 bridgehead atoms. The van der Waals surface area contributed by atoms with Crippen molar-refractivity contribution in [3.63, 3.8) is 0 Å². The van der Waals surface area contributed by atoms with Gasteiger partial charge in [0.1, 0.15) is 5.75 Å². The third-order valence-electron chi connectivity index (χ3n) is 4.40. The van der Waals surface area contributed by atoms with E-state index in [0.29, 0.717) is 11.7 Å². The molecule has 0 atom stereocenters. The zero-order chi connectivity index (χ0) is 16.5. The molecule has 1 aliphatic rings. The summed E-state index contributed by atoms with van der Waals surface area (Å²) in [6.45, 7) is 9.87. The number of anilines is 1. The first kappa shape index (κ1) is 18.0. The molecule has 1 aliphatic heterocycles. The van der Waals surface area contributed by atoms with Crippen LogP contribution in [0, 0.1) is 5.92 Å². The molecule has 4 nitrogen and oxygen atoms in total. The normalized spacial score (nSPS) is 20.8. The van der Waals surface area contributed by atoms with Gasteiger partial charge in [-0.2, -0.15) is 0 Å². The molecule has 1 aromatic carbocycles. The predicted molar refractivity (Wildman–Crippen MR) is 100 cm³/mol. The first-order chi connectivity index (χ1) is 11.2. The molecule has 0 aromatic heterocycles. The molecule has 23 heavy (non-hydrogen) atoms. The second kappa shape index (κ2) is 9.73. The van der Waals surface area contributed by atoms with Gasteiger partial charge in [-0.3, -0.25) is 0 Å². The number of hydrogen-bond acceptors (Lipinski definition) is 2. The van der Waals surface area contributed by atoms with Crippen molar-refractivity contribution in [3.8, 4) is 5.75 Å². The Labute approximate surface area is 145 Å². The summed E-state index contributed by atoms with van der Waals surface area (Å²) in [6, 6.07) is 7.88. The molecule has 3 N–H and O–H groups in total. The van der Waals surface area contributed by atoms with Crippen molar-refractivity contribution in [2.24, 2.45) is 5.92 Å². The van der Waals surface area contributed by atoms with E-state index in [2.05, 4.69) is 17.6 Å². The Bertz CT molecular complexity index is 470. The van der Waals surface area contributed by atoms with Crippen LogP contribution in [0.5, 0.6) is 5.75 Å². The van der Waals surface area contributed by atoms with Crippen molar-refractivity contribution in [3.05, 3.63) is 24.3 Å². The Balaban J connectivity index is 1.59. The third kappa shape index (κ3) is 6.75. The number of nitrogens with one attached hydrogen (secondary N) is 3. The smallest absolute Gasteiger partial charge is 0.170 e. The van der Waals surface area contributed by atoms with E-state index < -0.39 is 0 Å². The lowest BCUT2D eigenvalue weighted by molar-refractivity contribution is -0.906. The summed E-state index contributed by atoms with van der Waals surface area (Å²) in [7, 11) is 0. The first-order valence-corrected chi connectivity index (χ1v) is 9.19. The van der Waals surface area contributed by atoms with Crippen LogP contribution in [0.15, 0.2) is 24.3 Å². The molecule has 0 saturated carbocycles. The minimum atomic E-state index is 0.685. The lowest BCUT2D eigenvalue weighted by Gasteiger charge is -2.27. The molecule has 128 valence electrons. The van der Waals surface area contributed by atoms with E-state index in [9.17, 15) is 0 Å². The molecule has 1 fully saturated rings. The standard InChI is InChI=1S/C18H29N3OS/c1-3-22-17-7-5-16(6-8-17)20-18(23)19-11-4-12-21-13-9-15(2)10-14-21/h5-8,15H,3-4,9-14H2,1-2H3,(H2,19,20,23)/p+1. The number of rotatable bonds is 7. The summed E-state index contributed by atoms with van der Waals surface area (Å²) >= 11 is 5.35. The number of ether oxygens (including phenoxy) is 1. The van der Waals surface area contributed by atoms with Crippen LogP contribution in [-0.2, 0) is 0 Å². The van der Waals surface area contributed by atoms with Crippen LogP contribution in [0.3, 0.4) is 0 Å². The van der Waals surface area contributed by atoms with Gasteiger partial charge in [0.25, 0.3) is 0 Å². The maximum absolute atomic E-state index is 5.43. The molecule has 0 unspecified atom stereocenters. The van der Waals surface area contributed by atoms with Crippen LogP contribution in [0.4, 0.5) is 5.69 Å². The molecule has 0 spiro atoms. The van der Waals surface area contributed by atoms with Crippen molar-refractivity contribution in [2.75, 3.05) is 38.1 Å². The Kier molecular flexibility index (Phi) is 7.62. The van der Waals surface area contributed by atoms with Gasteiger partial charge >= 0.3 is 0 Å². The molecule has 2 rings (SSSR count). The van der Waals surface area contributed by atoms with Gasteiger partial charge in [0, 0.05) is 18.7 Å². The highest BCUT2D eigenvalue weighted by Crippen LogP contribution is 2.15. The highest BCUT2D eigenvalue weighted by molar-refractivity contribution is 7.80. The summed E-state index contributed by atoms with van der Waals surface area (Å²) in [5.41, 5.74) is 0.988. The maximum Gasteiger partial charge on any atom is 0.170 e. The molecule has 0 aliphatic carbocycles. The van der Waals surface area contributed by atoms with Gasteiger partial charge in [0.15, 0.2) is 5.11 Å². The summed E-state index contributed by atoms with van der Waals surface area (Å²) in [5, 5.41) is 7.20. The molecule has 1 saturated heterocycles. The van der Waals surface area contributed by atoms with Crippen LogP contribution >= 0.6 is 12.2 Å². The first-order valence-electron chi connectivity index (χ1n) is 8.78. The predicted octanol–water partition coefficient (Wildman–Crippen LogP) is 2.08. The van der Waals surface area contributed by atoms with Gasteiger partial charge in [0.2, 0.25) is 0 Å². The summed E-state index contributed by atoms with van der Waals surface area (Å²) in [6.07, 6.45) is 3.91. The lowest BCUT2D eigenvalue weighted by Crippen LogP contribution is -3.13. The number of quaternary nitrogens is 1. The highest BCUT2D eigenvalue weighted by Gasteiger charge is 2.17. The second-order valence-corrected chi connectivity index (χ2v) is 6.78. The summed E-state index contributed by atoms with van der Waals surface area (Å²) in [4.78, 5) is 1.75. The minimum Gasteiger partial charge on any atom is -0.494 e. The van der Waals surface area contributed by atoms with E-state index >= 15 is 0 Å². The molecule has 0 radical (unpaired) electrons. The fourth-order valence-corrected chi connectivity index (χ4v) is 3.16. The topological polar surface area (TPSA) is 37.7 Å². The van der Waals surface area contributed by atoms with Crippen LogP contribution in [-0.4, -0.2) is 37.9 Å². The van der Waals surface area contributed by atoms with Crippen molar-refractivity contribution in [1.29, 1.82) is 0 Å². The Hall–Kier alpha value is -1.33. The fourth-order valence-electron chi connectivity index (χ4n) is 2.94. The average Bonchev–Trinajstić information content (AvgIpc) is 2.55. The number of hydrogen-bond donors (Lipinski definition) is 3. The van der Waals surface area contributed by atoms with Gasteiger partial charge < -0.3 is 20.3 Å². The van der Waals surface area contributed by atoms with Gasteiger partial charge in [-0.05, 0) is 62.2 Å². The second-order valence-electron chi connectivity index (χ2n) is 6.37. The minimum absolute atomic E-state index is 0.685. The van der Waals surface area contributed by atoms with Crippen LogP contribution in [0.25, 0.3) is 0 Å². The van der Waals surface area contributed by atoms with E-state index in [0.717, 1.165) is 30.3 Å². The molecule has 5 heteroatoms. The molecule has 0 amide bonds. The van der Waals surface area contributed by atoms with E-state index in [1.807, 2.05) is 31.2 Å². The van der Waals surface area contributed by atoms with Crippen molar-refractivity contribution in [2.45, 2.75) is 33.1 Å². The van der Waals surface area contributed by atoms with E-state index in [-0.39, 0.29) is 0 Å². The highest BCUT2D eigenvalue weighted by atomic mass is 32.1. The van der Waals surface area contributed by atoms with E-state index in [4.69, 9.17) is 17.0 Å². The lowest BCUT2D eigenvalue weighted by atomic mass is 9.99. The van der Waals surface area contributed by atoms with Crippen LogP contribution in [0.1, 0.15) is 33.1 Å². The fraction of sp³-hybridized carbons (Fsp3) is 0.611. The van der Waals surface area contributed by atoms with Crippen LogP contribution < -0.4 is 20.3 Å². The Morgan fingerprint density at radius 3 is 2.61 bits per heavy atom. The summed E-state index contributed by atoms with van der Waals surface area (Å²) < 4.78 is 5.43. The number of piperidine rings is 1. The van der Waals surface area contributed by atoms with Crippen molar-refractivity contribution >= 4 is 23.0 Å². The zero-order valence-electron chi connectivity index (χ0n) is 14.4. The average molecular weight is 337 g/mol. The summed E-state index contributed by atoms with van der Waals surface area (Å²) in [5.74, 6) is 1.80. The number of thiocarbonyl (C=S) groups is 1. The number of benzene rings is 1. The van der Waals surface area contributed by atoms with E-state index in [1.54, 1.807) is 4.90 Å². The maximum atomic E-state index is 5.43. The SMILES string of the molecule is CCOc1ccc(NC(=S)NCCC[NH+]2CCC(C)CC2)cc1. The van der Waals surface area contributed by atoms with Gasteiger partial charge in [-0.1, -0.05) is 6.92 Å². The molecular formula is C18H30N3OS+. The van der Waals surface area contributed by atoms with Crippen LogP contribution in [0.2, 0.25) is 0 Å². The molecule has 1 aromatic rings. The monoisotopic (exact) mass is 336 g/mol. The quantitative estimate of drug-likeness (QED) is 0.526. The van der Waals surface area contributed by atoms with E-state index in [1.165, 1.54) is 32.5 Å².